The van der Waals surface area contributed by atoms with Crippen LogP contribution in [-0.2, 0) is 11.3 Å². The monoisotopic (exact) mass is 304 g/mol. The van der Waals surface area contributed by atoms with E-state index in [2.05, 4.69) is 10.1 Å². The van der Waals surface area contributed by atoms with Crippen LogP contribution in [0.1, 0.15) is 15.9 Å². The molecule has 0 bridgehead atoms. The van der Waals surface area contributed by atoms with Crippen LogP contribution in [0.3, 0.4) is 0 Å². The van der Waals surface area contributed by atoms with Crippen molar-refractivity contribution in [2.75, 3.05) is 12.4 Å². The Morgan fingerprint density at radius 1 is 1.27 bits per heavy atom. The van der Waals surface area contributed by atoms with Crippen LogP contribution >= 0.6 is 0 Å². The maximum absolute atomic E-state index is 13.2. The minimum Gasteiger partial charge on any atom is -0.465 e. The van der Waals surface area contributed by atoms with Crippen molar-refractivity contribution in [3.63, 3.8) is 0 Å². The molecule has 2 aromatic carbocycles. The van der Waals surface area contributed by atoms with Gasteiger partial charge >= 0.3 is 11.7 Å². The topological polar surface area (TPSA) is 81.5 Å². The van der Waals surface area contributed by atoms with Crippen molar-refractivity contribution in [1.82, 2.24) is 0 Å². The summed E-state index contributed by atoms with van der Waals surface area (Å²) in [4.78, 5) is 21.2. The van der Waals surface area contributed by atoms with Gasteiger partial charge in [0.15, 0.2) is 0 Å². The molecule has 2 aromatic rings. The highest BCUT2D eigenvalue weighted by molar-refractivity contribution is 5.89. The Hall–Kier alpha value is -2.96. The number of rotatable bonds is 5. The molecule has 0 spiro atoms. The second kappa shape index (κ2) is 6.66. The van der Waals surface area contributed by atoms with Gasteiger partial charge in [-0.25, -0.2) is 4.79 Å². The number of anilines is 1. The molecule has 0 radical (unpaired) electrons. The zero-order valence-corrected chi connectivity index (χ0v) is 11.7. The van der Waals surface area contributed by atoms with Gasteiger partial charge in [-0.15, -0.1) is 0 Å². The highest BCUT2D eigenvalue weighted by Gasteiger charge is 2.14. The van der Waals surface area contributed by atoms with Gasteiger partial charge in [-0.05, 0) is 35.9 Å². The summed E-state index contributed by atoms with van der Waals surface area (Å²) in [6, 6.07) is 10.3. The van der Waals surface area contributed by atoms with Crippen molar-refractivity contribution >= 4 is 17.3 Å². The summed E-state index contributed by atoms with van der Waals surface area (Å²) in [5, 5.41) is 13.7. The lowest BCUT2D eigenvalue weighted by molar-refractivity contribution is -0.387. The molecule has 0 atom stereocenters. The molecule has 0 aromatic heterocycles. The van der Waals surface area contributed by atoms with Gasteiger partial charge in [0.1, 0.15) is 0 Å². The zero-order valence-electron chi connectivity index (χ0n) is 11.7. The molecule has 0 aliphatic rings. The van der Waals surface area contributed by atoms with E-state index in [1.54, 1.807) is 24.3 Å². The zero-order chi connectivity index (χ0) is 16.1. The highest BCUT2D eigenvalue weighted by atomic mass is 19.1. The van der Waals surface area contributed by atoms with Gasteiger partial charge in [0, 0.05) is 18.3 Å². The highest BCUT2D eigenvalue weighted by Crippen LogP contribution is 2.19. The maximum Gasteiger partial charge on any atom is 0.337 e. The Labute approximate surface area is 125 Å². The minimum absolute atomic E-state index is 0.290. The van der Waals surface area contributed by atoms with E-state index in [4.69, 9.17) is 0 Å². The molecule has 1 N–H and O–H groups in total. The first-order valence-electron chi connectivity index (χ1n) is 6.36. The summed E-state index contributed by atoms with van der Waals surface area (Å²) in [5.74, 6) is -1.29. The summed E-state index contributed by atoms with van der Waals surface area (Å²) in [6.45, 7) is 0.290. The number of esters is 1. The van der Waals surface area contributed by atoms with E-state index in [1.165, 1.54) is 19.2 Å². The third kappa shape index (κ3) is 3.57. The van der Waals surface area contributed by atoms with Crippen LogP contribution in [0.5, 0.6) is 0 Å². The Kier molecular flexibility index (Phi) is 4.67. The van der Waals surface area contributed by atoms with Gasteiger partial charge in [0.25, 0.3) is 0 Å². The molecular formula is C15H13FN2O4. The van der Waals surface area contributed by atoms with Crippen LogP contribution in [0.25, 0.3) is 0 Å². The van der Waals surface area contributed by atoms with Gasteiger partial charge in [-0.1, -0.05) is 6.07 Å². The number of nitro groups is 1. The fourth-order valence-electron chi connectivity index (χ4n) is 1.85. The summed E-state index contributed by atoms with van der Waals surface area (Å²) in [5.41, 5.74) is 1.16. The van der Waals surface area contributed by atoms with Crippen molar-refractivity contribution in [3.05, 3.63) is 69.5 Å². The normalized spacial score (nSPS) is 10.1. The minimum atomic E-state index is -0.865. The fraction of sp³-hybridized carbons (Fsp3) is 0.133. The van der Waals surface area contributed by atoms with E-state index in [0.29, 0.717) is 17.7 Å². The van der Waals surface area contributed by atoms with E-state index in [-0.39, 0.29) is 0 Å². The van der Waals surface area contributed by atoms with E-state index >= 15 is 0 Å². The first kappa shape index (κ1) is 15.4. The molecule has 0 heterocycles. The molecule has 0 aliphatic heterocycles. The predicted molar refractivity (Wildman–Crippen MR) is 78.2 cm³/mol. The van der Waals surface area contributed by atoms with Crippen molar-refractivity contribution in [2.24, 2.45) is 0 Å². The second-order valence-electron chi connectivity index (χ2n) is 4.47. The van der Waals surface area contributed by atoms with E-state index in [0.717, 1.165) is 11.8 Å². The average Bonchev–Trinajstić information content (AvgIpc) is 2.53. The summed E-state index contributed by atoms with van der Waals surface area (Å²) >= 11 is 0. The number of hydrogen-bond acceptors (Lipinski definition) is 5. The summed E-state index contributed by atoms with van der Waals surface area (Å²) < 4.78 is 17.8. The first-order valence-corrected chi connectivity index (χ1v) is 6.36. The molecule has 0 amide bonds. The molecule has 0 unspecified atom stereocenters. The number of hydrogen-bond donors (Lipinski definition) is 1. The molecule has 7 heteroatoms. The molecule has 6 nitrogen and oxygen atoms in total. The van der Waals surface area contributed by atoms with Gasteiger partial charge in [0.05, 0.1) is 17.6 Å². The lowest BCUT2D eigenvalue weighted by atomic mass is 10.1. The first-order chi connectivity index (χ1) is 10.5. The van der Waals surface area contributed by atoms with E-state index in [1.807, 2.05) is 0 Å². The predicted octanol–water partition coefficient (Wildman–Crippen LogP) is 3.13. The van der Waals surface area contributed by atoms with Crippen molar-refractivity contribution in [2.45, 2.75) is 6.54 Å². The second-order valence-corrected chi connectivity index (χ2v) is 4.47. The smallest absolute Gasteiger partial charge is 0.337 e. The number of benzene rings is 2. The number of ether oxygens (including phenoxy) is 1. The molecule has 0 saturated carbocycles. The molecule has 0 saturated heterocycles. The van der Waals surface area contributed by atoms with Gasteiger partial charge in [-0.2, -0.15) is 4.39 Å². The molecule has 22 heavy (non-hydrogen) atoms. The molecule has 0 fully saturated rings. The number of methoxy groups -OCH3 is 1. The molecule has 0 aliphatic carbocycles. The third-order valence-electron chi connectivity index (χ3n) is 3.01. The summed E-state index contributed by atoms with van der Waals surface area (Å²) in [6.07, 6.45) is 0. The van der Waals surface area contributed by atoms with Crippen molar-refractivity contribution in [3.8, 4) is 0 Å². The standard InChI is InChI=1S/C15H13FN2O4/c1-22-15(19)11-3-5-12(6-4-11)17-9-10-2-7-13(16)14(8-10)18(20)21/h2-8,17H,9H2,1H3. The Morgan fingerprint density at radius 3 is 2.55 bits per heavy atom. The van der Waals surface area contributed by atoms with Gasteiger partial charge < -0.3 is 10.1 Å². The van der Waals surface area contributed by atoms with E-state index < -0.39 is 22.4 Å². The van der Waals surface area contributed by atoms with Crippen molar-refractivity contribution in [1.29, 1.82) is 0 Å². The Bertz CT molecular complexity index is 701. The lowest BCUT2D eigenvalue weighted by Gasteiger charge is -2.07. The quantitative estimate of drug-likeness (QED) is 0.521. The largest absolute Gasteiger partial charge is 0.465 e. The molecular weight excluding hydrogens is 291 g/mol. The number of nitrogens with zero attached hydrogens (tertiary/aromatic N) is 1. The van der Waals surface area contributed by atoms with Crippen LogP contribution in [-0.4, -0.2) is 18.0 Å². The van der Waals surface area contributed by atoms with Crippen LogP contribution < -0.4 is 5.32 Å². The average molecular weight is 304 g/mol. The SMILES string of the molecule is COC(=O)c1ccc(NCc2ccc(F)c([N+](=O)[O-])c2)cc1. The number of carbonyl (C=O) groups excluding carboxylic acids is 1. The number of halogens is 1. The van der Waals surface area contributed by atoms with Crippen LogP contribution in [0.15, 0.2) is 42.5 Å². The molecule has 2 rings (SSSR count). The van der Waals surface area contributed by atoms with Crippen molar-refractivity contribution < 1.29 is 18.8 Å². The van der Waals surface area contributed by atoms with Gasteiger partial charge in [0.2, 0.25) is 5.82 Å². The maximum atomic E-state index is 13.2. The van der Waals surface area contributed by atoms with E-state index in [9.17, 15) is 19.3 Å². The molecule has 114 valence electrons. The number of nitro benzene ring substituents is 1. The summed E-state index contributed by atoms with van der Waals surface area (Å²) in [7, 11) is 1.30. The van der Waals surface area contributed by atoms with Crippen LogP contribution in [0.4, 0.5) is 15.8 Å². The van der Waals surface area contributed by atoms with Crippen LogP contribution in [0.2, 0.25) is 0 Å². The number of carbonyl (C=O) groups is 1. The number of nitrogens with one attached hydrogen (secondary N) is 1. The Balaban J connectivity index is 2.05. The fourth-order valence-corrected chi connectivity index (χ4v) is 1.85. The lowest BCUT2D eigenvalue weighted by Crippen LogP contribution is -2.03. The van der Waals surface area contributed by atoms with Crippen LogP contribution in [0, 0.1) is 15.9 Å². The third-order valence-corrected chi connectivity index (χ3v) is 3.01. The Morgan fingerprint density at radius 2 is 1.95 bits per heavy atom. The van der Waals surface area contributed by atoms with Gasteiger partial charge in [-0.3, -0.25) is 10.1 Å².